The van der Waals surface area contributed by atoms with Crippen LogP contribution in [0.3, 0.4) is 0 Å². The third-order valence-corrected chi connectivity index (χ3v) is 5.51. The van der Waals surface area contributed by atoms with Gasteiger partial charge in [0.1, 0.15) is 22.2 Å². The lowest BCUT2D eigenvalue weighted by Gasteiger charge is -2.34. The van der Waals surface area contributed by atoms with Gasteiger partial charge in [-0.2, -0.15) is 4.37 Å². The van der Waals surface area contributed by atoms with Gasteiger partial charge in [0, 0.05) is 23.2 Å². The first kappa shape index (κ1) is 14.8. The summed E-state index contributed by atoms with van der Waals surface area (Å²) in [5.41, 5.74) is 2.88. The monoisotopic (exact) mass is 344 g/mol. The van der Waals surface area contributed by atoms with Crippen molar-refractivity contribution in [2.24, 2.45) is 0 Å². The molecule has 1 aliphatic rings. The number of piperidine rings is 1. The maximum absolute atomic E-state index is 5.98. The molecule has 4 nitrogen and oxygen atoms in total. The van der Waals surface area contributed by atoms with Crippen LogP contribution in [0, 0.1) is 0 Å². The van der Waals surface area contributed by atoms with E-state index in [1.807, 2.05) is 24.3 Å². The van der Waals surface area contributed by atoms with Gasteiger partial charge in [-0.1, -0.05) is 23.7 Å². The molecule has 0 spiro atoms. The van der Waals surface area contributed by atoms with E-state index in [4.69, 9.17) is 11.6 Å². The Bertz CT molecular complexity index is 830. The second-order valence-corrected chi connectivity index (χ2v) is 7.16. The number of halogens is 1. The van der Waals surface area contributed by atoms with Crippen molar-refractivity contribution in [3.05, 3.63) is 35.6 Å². The number of anilines is 1. The fourth-order valence-electron chi connectivity index (χ4n) is 3.17. The van der Waals surface area contributed by atoms with E-state index in [1.165, 1.54) is 30.8 Å². The van der Waals surface area contributed by atoms with Crippen LogP contribution in [0.25, 0.3) is 21.5 Å². The minimum Gasteiger partial charge on any atom is -0.353 e. The van der Waals surface area contributed by atoms with E-state index in [-0.39, 0.29) is 0 Å². The van der Waals surface area contributed by atoms with Gasteiger partial charge in [0.15, 0.2) is 5.82 Å². The highest BCUT2D eigenvalue weighted by molar-refractivity contribution is 7.14. The van der Waals surface area contributed by atoms with E-state index in [0.717, 1.165) is 38.9 Å². The highest BCUT2D eigenvalue weighted by Gasteiger charge is 2.23. The topological polar surface area (TPSA) is 41.9 Å². The summed E-state index contributed by atoms with van der Waals surface area (Å²) in [6.45, 7) is 3.33. The quantitative estimate of drug-likeness (QED) is 0.670. The van der Waals surface area contributed by atoms with E-state index in [9.17, 15) is 0 Å². The van der Waals surface area contributed by atoms with Crippen molar-refractivity contribution >= 4 is 39.2 Å². The minimum absolute atomic E-state index is 0.517. The summed E-state index contributed by atoms with van der Waals surface area (Å²) in [6.07, 6.45) is 5.39. The van der Waals surface area contributed by atoms with Gasteiger partial charge in [0.05, 0.1) is 0 Å². The second kappa shape index (κ2) is 6.06. The van der Waals surface area contributed by atoms with Gasteiger partial charge in [-0.15, -0.1) is 0 Å². The zero-order valence-electron chi connectivity index (χ0n) is 12.9. The molecule has 0 saturated carbocycles. The Labute approximate surface area is 144 Å². The highest BCUT2D eigenvalue weighted by Crippen LogP contribution is 2.36. The molecular weight excluding hydrogens is 328 g/mol. The van der Waals surface area contributed by atoms with E-state index in [0.29, 0.717) is 6.04 Å². The third kappa shape index (κ3) is 2.68. The minimum atomic E-state index is 0.517. The summed E-state index contributed by atoms with van der Waals surface area (Å²) < 4.78 is 5.72. The Morgan fingerprint density at radius 1 is 1.17 bits per heavy atom. The van der Waals surface area contributed by atoms with Crippen LogP contribution in [0.5, 0.6) is 0 Å². The van der Waals surface area contributed by atoms with Gasteiger partial charge in [0.2, 0.25) is 0 Å². The SMILES string of the molecule is C[C@@H]1CCCCN1c1ncnc2c(-c3ccc(Cl)cc3)nsc12. The maximum atomic E-state index is 5.98. The van der Waals surface area contributed by atoms with E-state index in [2.05, 4.69) is 26.2 Å². The van der Waals surface area contributed by atoms with Gasteiger partial charge in [-0.25, -0.2) is 9.97 Å². The molecule has 0 bridgehead atoms. The van der Waals surface area contributed by atoms with Gasteiger partial charge < -0.3 is 4.90 Å². The lowest BCUT2D eigenvalue weighted by molar-refractivity contribution is 0.482. The Hall–Kier alpha value is -1.72. The maximum Gasteiger partial charge on any atom is 0.151 e. The summed E-state index contributed by atoms with van der Waals surface area (Å²) in [5, 5.41) is 0.728. The van der Waals surface area contributed by atoms with Crippen LogP contribution in [0.1, 0.15) is 26.2 Å². The van der Waals surface area contributed by atoms with Crippen molar-refractivity contribution in [3.63, 3.8) is 0 Å². The number of hydrogen-bond donors (Lipinski definition) is 0. The first-order valence-electron chi connectivity index (χ1n) is 7.87. The zero-order chi connectivity index (χ0) is 15.8. The Morgan fingerprint density at radius 3 is 2.78 bits per heavy atom. The number of hydrogen-bond acceptors (Lipinski definition) is 5. The van der Waals surface area contributed by atoms with E-state index < -0.39 is 0 Å². The van der Waals surface area contributed by atoms with E-state index >= 15 is 0 Å². The number of nitrogens with zero attached hydrogens (tertiary/aromatic N) is 4. The molecule has 0 amide bonds. The fourth-order valence-corrected chi connectivity index (χ4v) is 4.15. The smallest absolute Gasteiger partial charge is 0.151 e. The number of benzene rings is 1. The van der Waals surface area contributed by atoms with Crippen molar-refractivity contribution in [2.45, 2.75) is 32.2 Å². The predicted octanol–water partition coefficient (Wildman–Crippen LogP) is 4.79. The molecule has 6 heteroatoms. The van der Waals surface area contributed by atoms with Crippen LogP contribution in [0.4, 0.5) is 5.82 Å². The van der Waals surface area contributed by atoms with Crippen molar-refractivity contribution in [3.8, 4) is 11.3 Å². The second-order valence-electron chi connectivity index (χ2n) is 5.95. The lowest BCUT2D eigenvalue weighted by atomic mass is 10.0. The van der Waals surface area contributed by atoms with Crippen molar-refractivity contribution in [1.82, 2.24) is 14.3 Å². The average Bonchev–Trinajstić information content (AvgIpc) is 3.00. The zero-order valence-corrected chi connectivity index (χ0v) is 14.4. The molecule has 1 aromatic carbocycles. The molecule has 0 aliphatic carbocycles. The number of aromatic nitrogens is 3. The largest absolute Gasteiger partial charge is 0.353 e. The number of fused-ring (bicyclic) bond motifs is 1. The van der Waals surface area contributed by atoms with Crippen LogP contribution in [-0.2, 0) is 0 Å². The number of rotatable bonds is 2. The molecule has 2 aromatic heterocycles. The van der Waals surface area contributed by atoms with Crippen LogP contribution in [-0.4, -0.2) is 26.9 Å². The molecule has 0 unspecified atom stereocenters. The average molecular weight is 345 g/mol. The molecular formula is C17H17ClN4S. The summed E-state index contributed by atoms with van der Waals surface area (Å²) >= 11 is 7.47. The van der Waals surface area contributed by atoms with Crippen molar-refractivity contribution in [2.75, 3.05) is 11.4 Å². The summed E-state index contributed by atoms with van der Waals surface area (Å²) in [4.78, 5) is 11.5. The van der Waals surface area contributed by atoms with Gasteiger partial charge in [0.25, 0.3) is 0 Å². The predicted molar refractivity (Wildman–Crippen MR) is 96.3 cm³/mol. The molecule has 4 rings (SSSR count). The Kier molecular flexibility index (Phi) is 3.91. The summed E-state index contributed by atoms with van der Waals surface area (Å²) in [5.74, 6) is 1.03. The van der Waals surface area contributed by atoms with Gasteiger partial charge >= 0.3 is 0 Å². The summed E-state index contributed by atoms with van der Waals surface area (Å²) in [6, 6.07) is 8.26. The normalized spacial score (nSPS) is 18.5. The van der Waals surface area contributed by atoms with Crippen molar-refractivity contribution < 1.29 is 0 Å². The van der Waals surface area contributed by atoms with Crippen LogP contribution < -0.4 is 4.90 Å². The van der Waals surface area contributed by atoms with Crippen molar-refractivity contribution in [1.29, 1.82) is 0 Å². The van der Waals surface area contributed by atoms with Crippen LogP contribution in [0.2, 0.25) is 5.02 Å². The third-order valence-electron chi connectivity index (χ3n) is 4.43. The molecule has 1 aliphatic heterocycles. The van der Waals surface area contributed by atoms with E-state index in [1.54, 1.807) is 6.33 Å². The first-order chi connectivity index (χ1) is 11.2. The first-order valence-corrected chi connectivity index (χ1v) is 9.02. The van der Waals surface area contributed by atoms with Crippen LogP contribution >= 0.6 is 23.1 Å². The van der Waals surface area contributed by atoms with Gasteiger partial charge in [-0.05, 0) is 49.9 Å². The molecule has 0 N–H and O–H groups in total. The standard InChI is InChI=1S/C17H17ClN4S/c1-11-4-2-3-9-22(11)17-16-15(19-10-20-17)14(21-23-16)12-5-7-13(18)8-6-12/h5-8,10-11H,2-4,9H2,1H3/t11-/m1/s1. The fraction of sp³-hybridized carbons (Fsp3) is 0.353. The lowest BCUT2D eigenvalue weighted by Crippen LogP contribution is -2.38. The molecule has 3 aromatic rings. The highest BCUT2D eigenvalue weighted by atomic mass is 35.5. The Balaban J connectivity index is 1.81. The summed E-state index contributed by atoms with van der Waals surface area (Å²) in [7, 11) is 0. The van der Waals surface area contributed by atoms with Gasteiger partial charge in [-0.3, -0.25) is 0 Å². The molecule has 3 heterocycles. The van der Waals surface area contributed by atoms with Crippen LogP contribution in [0.15, 0.2) is 30.6 Å². The molecule has 1 saturated heterocycles. The molecule has 118 valence electrons. The molecule has 0 radical (unpaired) electrons. The molecule has 1 atom stereocenters. The molecule has 1 fully saturated rings. The molecule has 23 heavy (non-hydrogen) atoms. The Morgan fingerprint density at radius 2 is 2.00 bits per heavy atom.